The molecule has 22 heavy (non-hydrogen) atoms. The second kappa shape index (κ2) is 8.14. The number of rotatable bonds is 8. The number of unbranched alkanes of at least 4 members (excludes halogenated alkanes) is 1. The first kappa shape index (κ1) is 16.0. The number of hydrogen-bond donors (Lipinski definition) is 3. The number of ether oxygens (including phenoxy) is 1. The Bertz CT molecular complexity index is 587. The van der Waals surface area contributed by atoms with Crippen LogP contribution in [-0.2, 0) is 11.3 Å². The van der Waals surface area contributed by atoms with Crippen LogP contribution in [0.3, 0.4) is 0 Å². The molecule has 2 rings (SSSR count). The van der Waals surface area contributed by atoms with Crippen LogP contribution < -0.4 is 16.4 Å². The van der Waals surface area contributed by atoms with E-state index in [-0.39, 0.29) is 5.95 Å². The van der Waals surface area contributed by atoms with Gasteiger partial charge < -0.3 is 21.1 Å². The Balaban J connectivity index is 2.04. The van der Waals surface area contributed by atoms with E-state index in [0.717, 1.165) is 30.6 Å². The fourth-order valence-corrected chi connectivity index (χ4v) is 1.88. The predicted molar refractivity (Wildman–Crippen MR) is 88.1 cm³/mol. The molecule has 0 saturated carbocycles. The van der Waals surface area contributed by atoms with Crippen molar-refractivity contribution in [3.8, 4) is 0 Å². The molecular weight excluding hydrogens is 280 g/mol. The number of benzene rings is 1. The average Bonchev–Trinajstić information content (AvgIpc) is 2.49. The van der Waals surface area contributed by atoms with E-state index >= 15 is 0 Å². The molecule has 7 heteroatoms. The smallest absolute Gasteiger partial charge is 0.233 e. The molecule has 4 N–H and O–H groups in total. The summed E-state index contributed by atoms with van der Waals surface area (Å²) in [6.07, 6.45) is 2.15. The van der Waals surface area contributed by atoms with Gasteiger partial charge in [-0.3, -0.25) is 0 Å². The second-order valence-electron chi connectivity index (χ2n) is 4.88. The molecule has 7 nitrogen and oxygen atoms in total. The van der Waals surface area contributed by atoms with Crippen LogP contribution in [0.25, 0.3) is 0 Å². The second-order valence-corrected chi connectivity index (χ2v) is 4.88. The molecule has 0 amide bonds. The van der Waals surface area contributed by atoms with Crippen molar-refractivity contribution < 1.29 is 4.74 Å². The van der Waals surface area contributed by atoms with Gasteiger partial charge >= 0.3 is 0 Å². The molecule has 0 aliphatic heterocycles. The standard InChI is InChI=1S/C15H22N6O/c1-3-4-9-17-14-19-13(16)20-15(21-14)18-12-7-5-11(6-8-12)10-22-2/h5-8H,3-4,9-10H2,1-2H3,(H4,16,17,18,19,20,21). The predicted octanol–water partition coefficient (Wildman–Crippen LogP) is 2.56. The maximum absolute atomic E-state index is 5.72. The molecule has 0 spiro atoms. The summed E-state index contributed by atoms with van der Waals surface area (Å²) in [7, 11) is 1.67. The Hall–Kier alpha value is -2.41. The van der Waals surface area contributed by atoms with Gasteiger partial charge in [0, 0.05) is 19.3 Å². The monoisotopic (exact) mass is 302 g/mol. The van der Waals surface area contributed by atoms with Crippen molar-refractivity contribution >= 4 is 23.5 Å². The minimum atomic E-state index is 0.188. The first-order valence-electron chi connectivity index (χ1n) is 7.31. The fourth-order valence-electron chi connectivity index (χ4n) is 1.88. The molecule has 118 valence electrons. The van der Waals surface area contributed by atoms with Crippen LogP contribution in [0.4, 0.5) is 23.5 Å². The Morgan fingerprint density at radius 3 is 2.50 bits per heavy atom. The van der Waals surface area contributed by atoms with Gasteiger partial charge in [0.05, 0.1) is 6.61 Å². The van der Waals surface area contributed by atoms with Crippen molar-refractivity contribution in [2.24, 2.45) is 0 Å². The van der Waals surface area contributed by atoms with Gasteiger partial charge in [0.2, 0.25) is 17.8 Å². The summed E-state index contributed by atoms with van der Waals surface area (Å²) in [6.45, 7) is 3.53. The highest BCUT2D eigenvalue weighted by Crippen LogP contribution is 2.16. The van der Waals surface area contributed by atoms with E-state index in [4.69, 9.17) is 10.5 Å². The maximum atomic E-state index is 5.72. The molecule has 1 aromatic heterocycles. The van der Waals surface area contributed by atoms with Crippen LogP contribution in [0.5, 0.6) is 0 Å². The molecule has 0 unspecified atom stereocenters. The molecular formula is C15H22N6O. The molecule has 0 bridgehead atoms. The summed E-state index contributed by atoms with van der Waals surface area (Å²) < 4.78 is 5.09. The van der Waals surface area contributed by atoms with Crippen LogP contribution in [0.2, 0.25) is 0 Å². The molecule has 0 atom stereocenters. The van der Waals surface area contributed by atoms with Crippen molar-refractivity contribution in [1.82, 2.24) is 15.0 Å². The van der Waals surface area contributed by atoms with Gasteiger partial charge in [-0.25, -0.2) is 0 Å². The average molecular weight is 302 g/mol. The zero-order valence-electron chi connectivity index (χ0n) is 13.0. The number of hydrogen-bond acceptors (Lipinski definition) is 7. The summed E-state index contributed by atoms with van der Waals surface area (Å²) >= 11 is 0. The first-order valence-corrected chi connectivity index (χ1v) is 7.31. The summed E-state index contributed by atoms with van der Waals surface area (Å²) in [4.78, 5) is 12.5. The van der Waals surface area contributed by atoms with E-state index in [0.29, 0.717) is 18.5 Å². The lowest BCUT2D eigenvalue weighted by molar-refractivity contribution is 0.185. The largest absolute Gasteiger partial charge is 0.380 e. The summed E-state index contributed by atoms with van der Waals surface area (Å²) in [6, 6.07) is 7.85. The van der Waals surface area contributed by atoms with Crippen molar-refractivity contribution in [3.05, 3.63) is 29.8 Å². The van der Waals surface area contributed by atoms with Crippen molar-refractivity contribution in [2.45, 2.75) is 26.4 Å². The highest BCUT2D eigenvalue weighted by Gasteiger charge is 2.04. The van der Waals surface area contributed by atoms with Crippen molar-refractivity contribution in [1.29, 1.82) is 0 Å². The lowest BCUT2D eigenvalue weighted by Gasteiger charge is -2.09. The van der Waals surface area contributed by atoms with Gasteiger partial charge in [-0.2, -0.15) is 15.0 Å². The van der Waals surface area contributed by atoms with Crippen LogP contribution in [0.1, 0.15) is 25.3 Å². The fraction of sp³-hybridized carbons (Fsp3) is 0.400. The van der Waals surface area contributed by atoms with Crippen molar-refractivity contribution in [2.75, 3.05) is 30.0 Å². The van der Waals surface area contributed by atoms with E-state index in [1.165, 1.54) is 0 Å². The quantitative estimate of drug-likeness (QED) is 0.644. The van der Waals surface area contributed by atoms with Gasteiger partial charge in [-0.05, 0) is 24.1 Å². The zero-order chi connectivity index (χ0) is 15.8. The summed E-state index contributed by atoms with van der Waals surface area (Å²) in [5.41, 5.74) is 7.70. The number of aromatic nitrogens is 3. The molecule has 0 radical (unpaired) electrons. The van der Waals surface area contributed by atoms with Gasteiger partial charge in [0.1, 0.15) is 0 Å². The van der Waals surface area contributed by atoms with Crippen LogP contribution >= 0.6 is 0 Å². The molecule has 0 fully saturated rings. The van der Waals surface area contributed by atoms with Gasteiger partial charge in [-0.1, -0.05) is 25.5 Å². The molecule has 1 heterocycles. The van der Waals surface area contributed by atoms with Crippen LogP contribution in [0, 0.1) is 0 Å². The van der Waals surface area contributed by atoms with E-state index in [2.05, 4.69) is 32.5 Å². The minimum Gasteiger partial charge on any atom is -0.380 e. The summed E-state index contributed by atoms with van der Waals surface area (Å²) in [5, 5.41) is 6.26. The Morgan fingerprint density at radius 2 is 1.82 bits per heavy atom. The normalized spacial score (nSPS) is 10.5. The van der Waals surface area contributed by atoms with Crippen LogP contribution in [-0.4, -0.2) is 28.6 Å². The molecule has 0 aliphatic carbocycles. The number of nitrogens with one attached hydrogen (secondary N) is 2. The number of anilines is 4. The molecule has 1 aromatic carbocycles. The highest BCUT2D eigenvalue weighted by molar-refractivity contribution is 5.55. The summed E-state index contributed by atoms with van der Waals surface area (Å²) in [5.74, 6) is 1.10. The Labute approximate surface area is 130 Å². The van der Waals surface area contributed by atoms with E-state index in [9.17, 15) is 0 Å². The van der Waals surface area contributed by atoms with Gasteiger partial charge in [-0.15, -0.1) is 0 Å². The lowest BCUT2D eigenvalue weighted by atomic mass is 10.2. The third kappa shape index (κ3) is 4.85. The molecule has 2 aromatic rings. The van der Waals surface area contributed by atoms with E-state index < -0.39 is 0 Å². The van der Waals surface area contributed by atoms with E-state index in [1.54, 1.807) is 7.11 Å². The maximum Gasteiger partial charge on any atom is 0.233 e. The third-order valence-electron chi connectivity index (χ3n) is 2.99. The SMILES string of the molecule is CCCCNc1nc(N)nc(Nc2ccc(COC)cc2)n1. The first-order chi connectivity index (χ1) is 10.7. The molecule has 0 saturated heterocycles. The zero-order valence-corrected chi connectivity index (χ0v) is 13.0. The topological polar surface area (TPSA) is 98.0 Å². The molecule has 0 aliphatic rings. The Kier molecular flexibility index (Phi) is 5.91. The van der Waals surface area contributed by atoms with Crippen LogP contribution in [0.15, 0.2) is 24.3 Å². The lowest BCUT2D eigenvalue weighted by Crippen LogP contribution is -2.10. The van der Waals surface area contributed by atoms with Gasteiger partial charge in [0.25, 0.3) is 0 Å². The van der Waals surface area contributed by atoms with Gasteiger partial charge in [0.15, 0.2) is 0 Å². The highest BCUT2D eigenvalue weighted by atomic mass is 16.5. The third-order valence-corrected chi connectivity index (χ3v) is 2.99. The van der Waals surface area contributed by atoms with Crippen molar-refractivity contribution in [3.63, 3.8) is 0 Å². The number of methoxy groups -OCH3 is 1. The minimum absolute atomic E-state index is 0.188. The number of nitrogens with zero attached hydrogens (tertiary/aromatic N) is 3. The number of nitrogens with two attached hydrogens (primary N) is 1. The Morgan fingerprint density at radius 1 is 1.09 bits per heavy atom. The number of nitrogen functional groups attached to an aromatic ring is 1. The van der Waals surface area contributed by atoms with E-state index in [1.807, 2.05) is 24.3 Å².